The topological polar surface area (TPSA) is 47.7 Å². The van der Waals surface area contributed by atoms with Crippen LogP contribution in [0.15, 0.2) is 41.2 Å². The molecule has 0 bridgehead atoms. The van der Waals surface area contributed by atoms with Gasteiger partial charge in [-0.2, -0.15) is 4.57 Å². The summed E-state index contributed by atoms with van der Waals surface area (Å²) in [6.45, 7) is -1.78. The zero-order valence-corrected chi connectivity index (χ0v) is 10.4. The molecule has 0 saturated carbocycles. The van der Waals surface area contributed by atoms with Gasteiger partial charge in [0.25, 0.3) is 5.82 Å². The maximum absolute atomic E-state index is 7.99. The highest BCUT2D eigenvalue weighted by molar-refractivity contribution is 5.98. The van der Waals surface area contributed by atoms with Crippen LogP contribution in [0.3, 0.4) is 0 Å². The van der Waals surface area contributed by atoms with Crippen LogP contribution in [0.4, 0.5) is 0 Å². The van der Waals surface area contributed by atoms with Crippen molar-refractivity contribution >= 4 is 22.3 Å². The van der Waals surface area contributed by atoms with Gasteiger partial charge in [-0.1, -0.05) is 0 Å². The first-order valence-electron chi connectivity index (χ1n) is 7.81. The van der Waals surface area contributed by atoms with E-state index in [9.17, 15) is 0 Å². The van der Waals surface area contributed by atoms with Crippen molar-refractivity contribution in [2.24, 2.45) is 6.98 Å². The van der Waals surface area contributed by atoms with E-state index in [2.05, 4.69) is 9.97 Å². The molecule has 5 heteroatoms. The largest absolute Gasteiger partial charge is 0.417 e. The maximum atomic E-state index is 7.99. The van der Waals surface area contributed by atoms with Crippen molar-refractivity contribution in [1.82, 2.24) is 14.5 Å². The summed E-state index contributed by atoms with van der Waals surface area (Å²) in [5.41, 5.74) is 4.03. The van der Waals surface area contributed by atoms with Gasteiger partial charge in [-0.25, -0.2) is 9.55 Å². The summed E-state index contributed by atoms with van der Waals surface area (Å²) < 4.78 is 33.1. The van der Waals surface area contributed by atoms with Gasteiger partial charge in [-0.15, -0.1) is 0 Å². The minimum atomic E-state index is -2.34. The molecule has 0 fully saturated rings. The molecule has 0 amide bonds. The van der Waals surface area contributed by atoms with Crippen LogP contribution in [-0.4, -0.2) is 14.5 Å². The fourth-order valence-electron chi connectivity index (χ4n) is 2.96. The first-order chi connectivity index (χ1) is 11.1. The Kier molecular flexibility index (Phi) is 1.27. The van der Waals surface area contributed by atoms with Crippen LogP contribution in [0.25, 0.3) is 33.7 Å². The molecule has 20 heavy (non-hydrogen) atoms. The van der Waals surface area contributed by atoms with Crippen LogP contribution in [0.5, 0.6) is 0 Å². The molecule has 1 aliphatic heterocycles. The Bertz CT molecular complexity index is 1090. The minimum Gasteiger partial charge on any atom is -0.417 e. The van der Waals surface area contributed by atoms with Crippen molar-refractivity contribution in [2.75, 3.05) is 0 Å². The summed E-state index contributed by atoms with van der Waals surface area (Å²) >= 11 is 0. The van der Waals surface area contributed by atoms with Crippen molar-refractivity contribution in [2.45, 2.75) is 6.54 Å². The molecule has 0 spiro atoms. The Morgan fingerprint density at radius 1 is 1.40 bits per heavy atom. The zero-order valence-electron chi connectivity index (χ0n) is 13.4. The van der Waals surface area contributed by atoms with Crippen LogP contribution in [0.2, 0.25) is 0 Å². The van der Waals surface area contributed by atoms with Crippen LogP contribution < -0.4 is 4.57 Å². The van der Waals surface area contributed by atoms with Gasteiger partial charge in [0.2, 0.25) is 5.52 Å². The molecule has 0 N–H and O–H groups in total. The molecule has 1 aliphatic rings. The first kappa shape index (κ1) is 7.79. The van der Waals surface area contributed by atoms with Gasteiger partial charge in [-0.05, 0) is 18.2 Å². The number of hydrogen-bond donors (Lipinski definition) is 0. The first-order valence-corrected chi connectivity index (χ1v) is 6.31. The number of furan rings is 1. The van der Waals surface area contributed by atoms with E-state index < -0.39 is 6.98 Å². The second-order valence-corrected chi connectivity index (χ2v) is 4.88. The molecule has 0 atom stereocenters. The lowest BCUT2D eigenvalue weighted by Gasteiger charge is -1.94. The number of aromatic nitrogens is 4. The van der Waals surface area contributed by atoms with Gasteiger partial charge in [0.05, 0.1) is 16.7 Å². The SMILES string of the molecule is [2H]C([2H])([2H])n1c2[n+](c3oc4cccnc4c31)Cc1ccncc1-2. The number of pyridine rings is 2. The molecule has 5 heterocycles. The third-order valence-electron chi connectivity index (χ3n) is 3.82. The normalized spacial score (nSPS) is 15.9. The Hall–Kier alpha value is -2.69. The highest BCUT2D eigenvalue weighted by Crippen LogP contribution is 2.33. The van der Waals surface area contributed by atoms with E-state index in [4.69, 9.17) is 8.53 Å². The van der Waals surface area contributed by atoms with Gasteiger partial charge >= 0.3 is 5.71 Å². The van der Waals surface area contributed by atoms with Gasteiger partial charge < -0.3 is 4.42 Å². The van der Waals surface area contributed by atoms with Crippen LogP contribution in [0, 0.1) is 0 Å². The Morgan fingerprint density at radius 2 is 2.40 bits per heavy atom. The quantitative estimate of drug-likeness (QED) is 0.403. The summed E-state index contributed by atoms with van der Waals surface area (Å²) in [4.78, 5) is 8.46. The molecule has 0 aromatic carbocycles. The molecule has 0 radical (unpaired) electrons. The molecule has 4 aromatic rings. The summed E-state index contributed by atoms with van der Waals surface area (Å²) in [7, 11) is 0. The molecule has 96 valence electrons. The number of aryl methyl sites for hydroxylation is 1. The van der Waals surface area contributed by atoms with E-state index in [1.54, 1.807) is 30.7 Å². The van der Waals surface area contributed by atoms with Gasteiger partial charge in [0, 0.05) is 24.2 Å². The summed E-state index contributed by atoms with van der Waals surface area (Å²) in [6.07, 6.45) is 5.05. The molecule has 0 aliphatic carbocycles. The lowest BCUT2D eigenvalue weighted by molar-refractivity contribution is -0.652. The third kappa shape index (κ3) is 1.02. The number of rotatable bonds is 0. The smallest absolute Gasteiger partial charge is 0.341 e. The van der Waals surface area contributed by atoms with Crippen molar-refractivity contribution in [3.05, 3.63) is 42.4 Å². The summed E-state index contributed by atoms with van der Waals surface area (Å²) in [5.74, 6) is 0.592. The number of fused-ring (bicyclic) bond motifs is 7. The fourth-order valence-corrected chi connectivity index (χ4v) is 2.96. The summed E-state index contributed by atoms with van der Waals surface area (Å²) in [6, 6.07) is 5.47. The molecule has 0 unspecified atom stereocenters. The van der Waals surface area contributed by atoms with E-state index in [-0.39, 0.29) is 0 Å². The van der Waals surface area contributed by atoms with Gasteiger partial charge in [0.15, 0.2) is 11.1 Å². The monoisotopic (exact) mass is 266 g/mol. The van der Waals surface area contributed by atoms with E-state index in [0.717, 1.165) is 11.1 Å². The van der Waals surface area contributed by atoms with Crippen molar-refractivity contribution in [1.29, 1.82) is 0 Å². The predicted molar refractivity (Wildman–Crippen MR) is 73.0 cm³/mol. The molecular weight excluding hydrogens is 252 g/mol. The summed E-state index contributed by atoms with van der Waals surface area (Å²) in [5, 5.41) is 0. The zero-order chi connectivity index (χ0) is 15.8. The van der Waals surface area contributed by atoms with E-state index >= 15 is 0 Å². The molecule has 0 saturated heterocycles. The predicted octanol–water partition coefficient (Wildman–Crippen LogP) is 2.03. The molecule has 5 rings (SSSR count). The molecular formula is C15H11N4O+. The maximum Gasteiger partial charge on any atom is 0.341 e. The Morgan fingerprint density at radius 3 is 3.35 bits per heavy atom. The second kappa shape index (κ2) is 3.25. The van der Waals surface area contributed by atoms with Gasteiger partial charge in [-0.3, -0.25) is 4.98 Å². The molecule has 4 aromatic heterocycles. The van der Waals surface area contributed by atoms with E-state index in [0.29, 0.717) is 34.7 Å². The van der Waals surface area contributed by atoms with Crippen molar-refractivity contribution in [3.63, 3.8) is 0 Å². The van der Waals surface area contributed by atoms with Crippen molar-refractivity contribution < 1.29 is 13.1 Å². The van der Waals surface area contributed by atoms with E-state index in [1.807, 2.05) is 10.6 Å². The average molecular weight is 266 g/mol. The van der Waals surface area contributed by atoms with Crippen LogP contribution in [-0.2, 0) is 13.5 Å². The highest BCUT2D eigenvalue weighted by atomic mass is 16.3. The van der Waals surface area contributed by atoms with Crippen LogP contribution >= 0.6 is 0 Å². The van der Waals surface area contributed by atoms with E-state index in [1.165, 1.54) is 4.57 Å². The Labute approximate surface area is 118 Å². The van der Waals surface area contributed by atoms with Gasteiger partial charge in [0.1, 0.15) is 6.54 Å². The van der Waals surface area contributed by atoms with Crippen LogP contribution in [0.1, 0.15) is 9.68 Å². The minimum absolute atomic E-state index is 0.505. The standard InChI is InChI=1S/C15H11N4O/c1-18-13-12-11(3-2-5-17-12)20-15(13)19-8-9-4-6-16-7-10(9)14(18)19/h2-7H,8H2,1H3/q+1/i1D3. The number of imidazole rings is 1. The van der Waals surface area contributed by atoms with Crippen molar-refractivity contribution in [3.8, 4) is 11.4 Å². The number of nitrogens with zero attached hydrogens (tertiary/aromatic N) is 4. The fraction of sp³-hybridized carbons (Fsp3) is 0.133. The Balaban J connectivity index is 2.01. The molecule has 5 nitrogen and oxygen atoms in total. The highest BCUT2D eigenvalue weighted by Gasteiger charge is 2.36. The third-order valence-corrected chi connectivity index (χ3v) is 3.82. The second-order valence-electron chi connectivity index (χ2n) is 4.88. The average Bonchev–Trinajstić information content (AvgIpc) is 3.13. The lowest BCUT2D eigenvalue weighted by atomic mass is 10.2. The number of hydrogen-bond acceptors (Lipinski definition) is 3. The lowest BCUT2D eigenvalue weighted by Crippen LogP contribution is -2.31.